The number of hydrogen-bond acceptors (Lipinski definition) is 7. The molecule has 4 atom stereocenters. The van der Waals surface area contributed by atoms with Crippen molar-refractivity contribution < 1.29 is 28.8 Å². The van der Waals surface area contributed by atoms with Crippen molar-refractivity contribution in [1.82, 2.24) is 0 Å². The third-order valence-electron chi connectivity index (χ3n) is 7.90. The molecule has 2 aliphatic carbocycles. The Bertz CT molecular complexity index is 1580. The van der Waals surface area contributed by atoms with Gasteiger partial charge in [-0.25, -0.2) is 4.79 Å². The monoisotopic (exact) mass is 558 g/mol. The number of anilines is 1. The number of amides is 2. The molecule has 1 saturated heterocycles. The van der Waals surface area contributed by atoms with Crippen molar-refractivity contribution in [3.63, 3.8) is 0 Å². The van der Waals surface area contributed by atoms with Crippen LogP contribution in [0.25, 0.3) is 0 Å². The number of esters is 1. The number of carbonyl (C=O) groups is 3. The molecule has 2 bridgehead atoms. The lowest BCUT2D eigenvalue weighted by molar-refractivity contribution is -0.385. The molecule has 0 aromatic heterocycles. The summed E-state index contributed by atoms with van der Waals surface area (Å²) in [5, 5.41) is 11.4. The number of fused-ring (bicyclic) bond motifs is 5. The van der Waals surface area contributed by atoms with Crippen molar-refractivity contribution in [2.24, 2.45) is 23.7 Å². The summed E-state index contributed by atoms with van der Waals surface area (Å²) in [7, 11) is 0. The summed E-state index contributed by atoms with van der Waals surface area (Å²) in [5.74, 6) is -0.937. The van der Waals surface area contributed by atoms with Gasteiger partial charge in [0.25, 0.3) is 0 Å². The molecule has 202 valence electrons. The van der Waals surface area contributed by atoms with Crippen molar-refractivity contribution >= 4 is 40.8 Å². The third kappa shape index (κ3) is 4.32. The molecular weight excluding hydrogens is 536 g/mol. The van der Waals surface area contributed by atoms with Gasteiger partial charge in [0.2, 0.25) is 17.6 Å². The summed E-state index contributed by atoms with van der Waals surface area (Å²) < 4.78 is 11.0. The first-order valence-electron chi connectivity index (χ1n) is 12.8. The van der Waals surface area contributed by atoms with E-state index in [-0.39, 0.29) is 64.1 Å². The van der Waals surface area contributed by atoms with Crippen LogP contribution in [0.4, 0.5) is 11.4 Å². The van der Waals surface area contributed by atoms with Gasteiger partial charge >= 0.3 is 11.7 Å². The highest BCUT2D eigenvalue weighted by Gasteiger charge is 2.60. The maximum absolute atomic E-state index is 13.1. The van der Waals surface area contributed by atoms with E-state index in [4.69, 9.17) is 21.1 Å². The van der Waals surface area contributed by atoms with Crippen LogP contribution in [0.2, 0.25) is 5.02 Å². The normalized spacial score (nSPS) is 22.8. The van der Waals surface area contributed by atoms with E-state index >= 15 is 0 Å². The molecule has 9 nitrogen and oxygen atoms in total. The second-order valence-electron chi connectivity index (χ2n) is 10.2. The summed E-state index contributed by atoms with van der Waals surface area (Å²) in [6, 6.07) is 17.0. The minimum Gasteiger partial charge on any atom is -0.457 e. The molecule has 0 unspecified atom stereocenters. The number of carbonyl (C=O) groups excluding carboxylic acids is 3. The van der Waals surface area contributed by atoms with Gasteiger partial charge in [-0.2, -0.15) is 0 Å². The minimum atomic E-state index is -0.574. The second kappa shape index (κ2) is 9.91. The van der Waals surface area contributed by atoms with E-state index < -0.39 is 10.9 Å². The lowest BCUT2D eigenvalue weighted by Crippen LogP contribution is -2.32. The molecule has 2 amide bonds. The SMILES string of the molecule is CC1=C[C@H]2C[C@H]1[C@@H]1C(=O)N(c3ccc(C(=O)OCc4ccc(Oc5c(Cl)cccc5[N+](=O)[O-])cc4)cc3)C(=O)[C@@H]12. The van der Waals surface area contributed by atoms with E-state index in [9.17, 15) is 24.5 Å². The van der Waals surface area contributed by atoms with E-state index in [2.05, 4.69) is 6.08 Å². The van der Waals surface area contributed by atoms with Gasteiger partial charge in [0.05, 0.1) is 33.0 Å². The number of nitro benzene ring substituents is 1. The molecule has 0 radical (unpaired) electrons. The number of rotatable bonds is 7. The summed E-state index contributed by atoms with van der Waals surface area (Å²) in [4.78, 5) is 50.8. The first-order chi connectivity index (χ1) is 19.2. The molecule has 1 saturated carbocycles. The maximum Gasteiger partial charge on any atom is 0.338 e. The fourth-order valence-electron chi connectivity index (χ4n) is 6.02. The molecule has 3 aromatic carbocycles. The zero-order valence-electron chi connectivity index (χ0n) is 21.3. The van der Waals surface area contributed by atoms with Gasteiger partial charge in [0.15, 0.2) is 0 Å². The highest BCUT2D eigenvalue weighted by molar-refractivity contribution is 6.32. The number of benzene rings is 3. The number of para-hydroxylation sites is 1. The topological polar surface area (TPSA) is 116 Å². The van der Waals surface area contributed by atoms with Crippen molar-refractivity contribution in [3.8, 4) is 11.5 Å². The number of allylic oxidation sites excluding steroid dienone is 2. The molecule has 2 fully saturated rings. The molecule has 0 spiro atoms. The van der Waals surface area contributed by atoms with Crippen molar-refractivity contribution in [3.05, 3.63) is 105 Å². The fourth-order valence-corrected chi connectivity index (χ4v) is 6.23. The molecule has 1 heterocycles. The number of nitro groups is 1. The second-order valence-corrected chi connectivity index (χ2v) is 10.6. The predicted octanol–water partition coefficient (Wildman–Crippen LogP) is 6.10. The Morgan fingerprint density at radius 2 is 1.73 bits per heavy atom. The van der Waals surface area contributed by atoms with Crippen LogP contribution in [0.5, 0.6) is 11.5 Å². The average Bonchev–Trinajstić information content (AvgIpc) is 3.59. The number of hydrogen-bond donors (Lipinski definition) is 0. The zero-order chi connectivity index (χ0) is 28.1. The standard InChI is InChI=1S/C30H23ClN2O7/c1-16-13-19-14-22(16)26-25(19)28(34)32(29(26)35)20-9-7-18(8-10-20)30(36)39-15-17-5-11-21(12-6-17)40-27-23(31)3-2-4-24(27)33(37)38/h2-13,19,22,25-26H,14-15H2,1H3/t19-,22+,25+,26-/m0/s1. The van der Waals surface area contributed by atoms with E-state index in [1.807, 2.05) is 6.92 Å². The van der Waals surface area contributed by atoms with Gasteiger partial charge in [-0.15, -0.1) is 0 Å². The van der Waals surface area contributed by atoms with Gasteiger partial charge in [0.1, 0.15) is 12.4 Å². The van der Waals surface area contributed by atoms with Crippen LogP contribution < -0.4 is 9.64 Å². The molecule has 3 aliphatic rings. The molecule has 6 rings (SSSR count). The molecular formula is C30H23ClN2O7. The largest absolute Gasteiger partial charge is 0.457 e. The number of nitrogens with zero attached hydrogens (tertiary/aromatic N) is 2. The predicted molar refractivity (Wildman–Crippen MR) is 145 cm³/mol. The highest BCUT2D eigenvalue weighted by Crippen LogP contribution is 2.55. The van der Waals surface area contributed by atoms with Gasteiger partial charge < -0.3 is 9.47 Å². The Hall–Kier alpha value is -4.50. The lowest BCUT2D eigenvalue weighted by Gasteiger charge is -2.19. The first kappa shape index (κ1) is 25.8. The Labute approximate surface area is 234 Å². The smallest absolute Gasteiger partial charge is 0.338 e. The Morgan fingerprint density at radius 1 is 1.02 bits per heavy atom. The molecule has 1 aliphatic heterocycles. The van der Waals surface area contributed by atoms with Crippen LogP contribution in [-0.4, -0.2) is 22.7 Å². The van der Waals surface area contributed by atoms with Gasteiger partial charge in [-0.1, -0.05) is 41.4 Å². The molecule has 0 N–H and O–H groups in total. The number of halogens is 1. The van der Waals surface area contributed by atoms with E-state index in [1.54, 1.807) is 36.4 Å². The van der Waals surface area contributed by atoms with Gasteiger partial charge in [0, 0.05) is 6.07 Å². The lowest BCUT2D eigenvalue weighted by atomic mass is 9.82. The van der Waals surface area contributed by atoms with Crippen molar-refractivity contribution in [2.75, 3.05) is 4.90 Å². The third-order valence-corrected chi connectivity index (χ3v) is 8.20. The van der Waals surface area contributed by atoms with Crippen LogP contribution in [0.15, 0.2) is 78.4 Å². The summed E-state index contributed by atoms with van der Waals surface area (Å²) in [6.07, 6.45) is 3.00. The van der Waals surface area contributed by atoms with Crippen LogP contribution in [0, 0.1) is 33.8 Å². The van der Waals surface area contributed by atoms with Crippen LogP contribution >= 0.6 is 11.6 Å². The minimum absolute atomic E-state index is 0.0192. The Balaban J connectivity index is 1.07. The summed E-state index contributed by atoms with van der Waals surface area (Å²) in [6.45, 7) is 2.01. The fraction of sp³-hybridized carbons (Fsp3) is 0.233. The quantitative estimate of drug-likeness (QED) is 0.113. The average molecular weight is 559 g/mol. The number of ether oxygens (including phenoxy) is 2. The van der Waals surface area contributed by atoms with Gasteiger partial charge in [-0.3, -0.25) is 24.6 Å². The van der Waals surface area contributed by atoms with E-state index in [0.717, 1.165) is 6.42 Å². The van der Waals surface area contributed by atoms with Crippen LogP contribution in [-0.2, 0) is 20.9 Å². The Morgan fingerprint density at radius 3 is 2.42 bits per heavy atom. The van der Waals surface area contributed by atoms with Crippen molar-refractivity contribution in [1.29, 1.82) is 0 Å². The van der Waals surface area contributed by atoms with Crippen LogP contribution in [0.1, 0.15) is 29.3 Å². The Kier molecular flexibility index (Phi) is 6.38. The van der Waals surface area contributed by atoms with E-state index in [1.165, 1.54) is 40.8 Å². The van der Waals surface area contributed by atoms with Crippen LogP contribution in [0.3, 0.4) is 0 Å². The zero-order valence-corrected chi connectivity index (χ0v) is 22.0. The number of imide groups is 1. The molecule has 40 heavy (non-hydrogen) atoms. The van der Waals surface area contributed by atoms with E-state index in [0.29, 0.717) is 17.0 Å². The first-order valence-corrected chi connectivity index (χ1v) is 13.1. The van der Waals surface area contributed by atoms with Gasteiger partial charge in [-0.05, 0) is 73.2 Å². The van der Waals surface area contributed by atoms with Crippen molar-refractivity contribution in [2.45, 2.75) is 20.0 Å². The molecule has 10 heteroatoms. The summed E-state index contributed by atoms with van der Waals surface area (Å²) in [5.41, 5.74) is 2.35. The summed E-state index contributed by atoms with van der Waals surface area (Å²) >= 11 is 6.07. The highest BCUT2D eigenvalue weighted by atomic mass is 35.5. The maximum atomic E-state index is 13.1. The molecule has 3 aromatic rings.